The summed E-state index contributed by atoms with van der Waals surface area (Å²) in [5.41, 5.74) is 1.07. The third kappa shape index (κ3) is 1.86. The summed E-state index contributed by atoms with van der Waals surface area (Å²) in [4.78, 5) is 6.76. The fraction of sp³-hybridized carbons (Fsp3) is 0.500. The van der Waals surface area contributed by atoms with Crippen molar-refractivity contribution in [1.82, 2.24) is 19.9 Å². The van der Waals surface area contributed by atoms with Gasteiger partial charge in [0.25, 0.3) is 0 Å². The van der Waals surface area contributed by atoms with Crippen LogP contribution in [0.1, 0.15) is 12.8 Å². The van der Waals surface area contributed by atoms with Gasteiger partial charge in [-0.3, -0.25) is 0 Å². The SMILES string of the molecule is CN(c1nccn2nccc12)C1CCCNC1. The first-order valence-electron chi connectivity index (χ1n) is 6.08. The molecule has 3 rings (SSSR count). The van der Waals surface area contributed by atoms with E-state index in [1.165, 1.54) is 12.8 Å². The number of fused-ring (bicyclic) bond motifs is 1. The number of nitrogens with one attached hydrogen (secondary N) is 1. The molecule has 1 fully saturated rings. The van der Waals surface area contributed by atoms with Gasteiger partial charge in [0.1, 0.15) is 5.52 Å². The number of anilines is 1. The average Bonchev–Trinajstić information content (AvgIpc) is 2.87. The molecule has 0 aliphatic carbocycles. The number of aromatic nitrogens is 3. The van der Waals surface area contributed by atoms with E-state index in [1.807, 2.05) is 29.2 Å². The number of rotatable bonds is 2. The Hall–Kier alpha value is -1.62. The van der Waals surface area contributed by atoms with Crippen molar-refractivity contribution in [3.63, 3.8) is 0 Å². The molecule has 2 aromatic rings. The Morgan fingerprint density at radius 2 is 2.41 bits per heavy atom. The Balaban J connectivity index is 1.94. The van der Waals surface area contributed by atoms with Gasteiger partial charge in [-0.15, -0.1) is 0 Å². The Morgan fingerprint density at radius 1 is 1.47 bits per heavy atom. The van der Waals surface area contributed by atoms with Crippen LogP contribution in [-0.4, -0.2) is 40.8 Å². The van der Waals surface area contributed by atoms with Crippen LogP contribution in [0.2, 0.25) is 0 Å². The van der Waals surface area contributed by atoms with Crippen LogP contribution < -0.4 is 10.2 Å². The van der Waals surface area contributed by atoms with E-state index in [4.69, 9.17) is 0 Å². The van der Waals surface area contributed by atoms with Crippen LogP contribution in [0.4, 0.5) is 5.82 Å². The van der Waals surface area contributed by atoms with Crippen molar-refractivity contribution in [1.29, 1.82) is 0 Å². The summed E-state index contributed by atoms with van der Waals surface area (Å²) in [5.74, 6) is 1.01. The molecular weight excluding hydrogens is 214 g/mol. The monoisotopic (exact) mass is 231 g/mol. The van der Waals surface area contributed by atoms with Crippen molar-refractivity contribution in [2.24, 2.45) is 0 Å². The number of hydrogen-bond acceptors (Lipinski definition) is 4. The molecule has 1 aliphatic rings. The third-order valence-corrected chi connectivity index (χ3v) is 3.46. The predicted molar refractivity (Wildman–Crippen MR) is 67.3 cm³/mol. The molecule has 1 saturated heterocycles. The van der Waals surface area contributed by atoms with Gasteiger partial charge in [-0.1, -0.05) is 0 Å². The molecule has 5 heteroatoms. The standard InChI is InChI=1S/C12H17N5/c1-16(10-3-2-5-13-9-10)12-11-4-6-15-17(11)8-7-14-12/h4,6-8,10,13H,2-3,5,9H2,1H3. The lowest BCUT2D eigenvalue weighted by Crippen LogP contribution is -2.44. The molecule has 5 nitrogen and oxygen atoms in total. The first kappa shape index (κ1) is 10.5. The highest BCUT2D eigenvalue weighted by atomic mass is 15.3. The highest BCUT2D eigenvalue weighted by Crippen LogP contribution is 2.21. The highest BCUT2D eigenvalue weighted by Gasteiger charge is 2.20. The van der Waals surface area contributed by atoms with Gasteiger partial charge in [-0.25, -0.2) is 9.50 Å². The van der Waals surface area contributed by atoms with E-state index in [-0.39, 0.29) is 0 Å². The maximum Gasteiger partial charge on any atom is 0.154 e. The van der Waals surface area contributed by atoms with Gasteiger partial charge in [-0.2, -0.15) is 5.10 Å². The molecule has 1 N–H and O–H groups in total. The largest absolute Gasteiger partial charge is 0.354 e. The molecule has 0 radical (unpaired) electrons. The second kappa shape index (κ2) is 4.33. The lowest BCUT2D eigenvalue weighted by atomic mass is 10.1. The smallest absolute Gasteiger partial charge is 0.154 e. The minimum absolute atomic E-state index is 0.525. The zero-order valence-corrected chi connectivity index (χ0v) is 10.0. The minimum Gasteiger partial charge on any atom is -0.354 e. The summed E-state index contributed by atoms with van der Waals surface area (Å²) in [6.45, 7) is 2.17. The Morgan fingerprint density at radius 3 is 3.24 bits per heavy atom. The quantitative estimate of drug-likeness (QED) is 0.834. The molecule has 0 amide bonds. The summed E-state index contributed by atoms with van der Waals surface area (Å²) in [7, 11) is 2.12. The van der Waals surface area contributed by atoms with Crippen molar-refractivity contribution in [3.05, 3.63) is 24.7 Å². The highest BCUT2D eigenvalue weighted by molar-refractivity contribution is 5.68. The summed E-state index contributed by atoms with van der Waals surface area (Å²) < 4.78 is 1.87. The molecule has 1 unspecified atom stereocenters. The van der Waals surface area contributed by atoms with Crippen molar-refractivity contribution in [2.75, 3.05) is 25.0 Å². The van der Waals surface area contributed by atoms with Gasteiger partial charge in [-0.05, 0) is 25.5 Å². The van der Waals surface area contributed by atoms with Crippen LogP contribution in [0, 0.1) is 0 Å². The first-order valence-corrected chi connectivity index (χ1v) is 6.08. The van der Waals surface area contributed by atoms with Gasteiger partial charge < -0.3 is 10.2 Å². The van der Waals surface area contributed by atoms with Gasteiger partial charge in [0.15, 0.2) is 5.82 Å². The van der Waals surface area contributed by atoms with E-state index in [0.29, 0.717) is 6.04 Å². The van der Waals surface area contributed by atoms with E-state index in [1.54, 1.807) is 0 Å². The molecule has 0 saturated carbocycles. The van der Waals surface area contributed by atoms with Gasteiger partial charge in [0.05, 0.1) is 6.20 Å². The maximum atomic E-state index is 4.49. The second-order valence-electron chi connectivity index (χ2n) is 4.52. The van der Waals surface area contributed by atoms with Crippen LogP contribution in [0.5, 0.6) is 0 Å². The maximum absolute atomic E-state index is 4.49. The van der Waals surface area contributed by atoms with Crippen molar-refractivity contribution in [2.45, 2.75) is 18.9 Å². The Bertz CT molecular complexity index is 500. The number of piperidine rings is 1. The lowest BCUT2D eigenvalue weighted by molar-refractivity contribution is 0.443. The summed E-state index contributed by atoms with van der Waals surface area (Å²) in [5, 5.41) is 7.68. The molecule has 0 spiro atoms. The van der Waals surface area contributed by atoms with Crippen molar-refractivity contribution in [3.8, 4) is 0 Å². The van der Waals surface area contributed by atoms with Crippen LogP contribution in [0.25, 0.3) is 5.52 Å². The number of likely N-dealkylation sites (N-methyl/N-ethyl adjacent to an activating group) is 1. The van der Waals surface area contributed by atoms with Crippen molar-refractivity contribution >= 4 is 11.3 Å². The molecule has 2 aromatic heterocycles. The molecule has 3 heterocycles. The molecule has 0 aromatic carbocycles. The second-order valence-corrected chi connectivity index (χ2v) is 4.52. The summed E-state index contributed by atoms with van der Waals surface area (Å²) >= 11 is 0. The van der Waals surface area contributed by atoms with E-state index in [9.17, 15) is 0 Å². The number of nitrogens with zero attached hydrogens (tertiary/aromatic N) is 4. The fourth-order valence-electron chi connectivity index (χ4n) is 2.45. The first-order chi connectivity index (χ1) is 8.36. The van der Waals surface area contributed by atoms with E-state index >= 15 is 0 Å². The van der Waals surface area contributed by atoms with Gasteiger partial charge >= 0.3 is 0 Å². The average molecular weight is 231 g/mol. The molecule has 1 atom stereocenters. The topological polar surface area (TPSA) is 45.5 Å². The van der Waals surface area contributed by atoms with E-state index in [0.717, 1.165) is 24.4 Å². The van der Waals surface area contributed by atoms with Gasteiger partial charge in [0.2, 0.25) is 0 Å². The zero-order chi connectivity index (χ0) is 11.7. The van der Waals surface area contributed by atoms with E-state index in [2.05, 4.69) is 27.3 Å². The molecule has 17 heavy (non-hydrogen) atoms. The fourth-order valence-corrected chi connectivity index (χ4v) is 2.45. The van der Waals surface area contributed by atoms with Crippen LogP contribution in [-0.2, 0) is 0 Å². The third-order valence-electron chi connectivity index (χ3n) is 3.46. The Labute approximate surface area is 100 Å². The van der Waals surface area contributed by atoms with Crippen LogP contribution >= 0.6 is 0 Å². The molecule has 0 bridgehead atoms. The Kier molecular flexibility index (Phi) is 2.68. The van der Waals surface area contributed by atoms with Crippen molar-refractivity contribution < 1.29 is 0 Å². The minimum atomic E-state index is 0.525. The van der Waals surface area contributed by atoms with E-state index < -0.39 is 0 Å². The normalized spacial score (nSPS) is 20.6. The molecule has 1 aliphatic heterocycles. The van der Waals surface area contributed by atoms with Crippen LogP contribution in [0.15, 0.2) is 24.7 Å². The number of hydrogen-bond donors (Lipinski definition) is 1. The summed E-state index contributed by atoms with van der Waals surface area (Å²) in [6.07, 6.45) is 7.96. The van der Waals surface area contributed by atoms with Gasteiger partial charge in [0, 0.05) is 32.0 Å². The lowest BCUT2D eigenvalue weighted by Gasteiger charge is -2.32. The molecule has 90 valence electrons. The zero-order valence-electron chi connectivity index (χ0n) is 10.0. The van der Waals surface area contributed by atoms with Crippen LogP contribution in [0.3, 0.4) is 0 Å². The predicted octanol–water partition coefficient (Wildman–Crippen LogP) is 0.917. The summed E-state index contributed by atoms with van der Waals surface area (Å²) in [6, 6.07) is 2.53. The molecular formula is C12H17N5.